The van der Waals surface area contributed by atoms with Crippen molar-refractivity contribution < 1.29 is 18.5 Å². The van der Waals surface area contributed by atoms with Gasteiger partial charge in [0.25, 0.3) is 0 Å². The molecule has 4 aromatic rings. The van der Waals surface area contributed by atoms with E-state index in [9.17, 15) is 9.59 Å². The van der Waals surface area contributed by atoms with Crippen LogP contribution < -0.4 is 5.56 Å². The van der Waals surface area contributed by atoms with Gasteiger partial charge < -0.3 is 18.7 Å². The van der Waals surface area contributed by atoms with Crippen molar-refractivity contribution in [2.45, 2.75) is 6.61 Å². The number of aromatic nitrogens is 2. The van der Waals surface area contributed by atoms with Crippen molar-refractivity contribution in [2.24, 2.45) is 0 Å². The smallest absolute Gasteiger partial charge is 0.340 e. The Morgan fingerprint density at radius 1 is 1.12 bits per heavy atom. The van der Waals surface area contributed by atoms with Crippen LogP contribution in [0.15, 0.2) is 68.5 Å². The lowest BCUT2D eigenvalue weighted by Gasteiger charge is -2.01. The fourth-order valence-electron chi connectivity index (χ4n) is 2.36. The molecule has 0 amide bonds. The molecule has 3 aromatic heterocycles. The zero-order valence-corrected chi connectivity index (χ0v) is 12.9. The molecule has 7 nitrogen and oxygen atoms in total. The van der Waals surface area contributed by atoms with E-state index in [1.165, 1.54) is 18.3 Å². The molecule has 1 N–H and O–H groups in total. The van der Waals surface area contributed by atoms with Gasteiger partial charge in [-0.1, -0.05) is 23.4 Å². The minimum absolute atomic E-state index is 0.0539. The number of H-pyrrole nitrogens is 1. The number of benzene rings is 1. The fraction of sp³-hybridized carbons (Fsp3) is 0.0556. The third-order valence-electron chi connectivity index (χ3n) is 3.60. The van der Waals surface area contributed by atoms with Gasteiger partial charge in [0.2, 0.25) is 11.3 Å². The number of ether oxygens (including phenoxy) is 1. The van der Waals surface area contributed by atoms with Crippen molar-refractivity contribution >= 4 is 16.9 Å². The van der Waals surface area contributed by atoms with Crippen molar-refractivity contribution in [3.63, 3.8) is 0 Å². The van der Waals surface area contributed by atoms with Crippen LogP contribution >= 0.6 is 0 Å². The molecule has 0 radical (unpaired) electrons. The Kier molecular flexibility index (Phi) is 3.66. The number of carbonyl (C=O) groups excluding carboxylic acids is 1. The average molecular weight is 336 g/mol. The van der Waals surface area contributed by atoms with E-state index < -0.39 is 5.97 Å². The molecule has 0 unspecified atom stereocenters. The van der Waals surface area contributed by atoms with E-state index in [0.717, 1.165) is 11.0 Å². The Bertz CT molecular complexity index is 1050. The number of hydrogen-bond donors (Lipinski definition) is 1. The van der Waals surface area contributed by atoms with Crippen molar-refractivity contribution in [1.29, 1.82) is 0 Å². The summed E-state index contributed by atoms with van der Waals surface area (Å²) in [5.41, 5.74) is 1.16. The number of carbonyl (C=O) groups is 1. The maximum absolute atomic E-state index is 11.9. The molecule has 3 heterocycles. The third kappa shape index (κ3) is 3.07. The second kappa shape index (κ2) is 6.12. The van der Waals surface area contributed by atoms with Crippen molar-refractivity contribution in [3.8, 4) is 11.5 Å². The summed E-state index contributed by atoms with van der Waals surface area (Å²) in [4.78, 5) is 25.3. The number of nitrogens with zero attached hydrogens (tertiary/aromatic N) is 1. The topological polar surface area (TPSA) is 98.3 Å². The summed E-state index contributed by atoms with van der Waals surface area (Å²) in [6, 6.07) is 13.8. The van der Waals surface area contributed by atoms with Gasteiger partial charge in [0, 0.05) is 23.7 Å². The number of fused-ring (bicyclic) bond motifs is 1. The molecule has 7 heteroatoms. The number of esters is 1. The SMILES string of the molecule is O=C(OCc1cc(-c2cc3ccccc3o2)on1)c1ccc(=O)[nH]c1. The Morgan fingerprint density at radius 3 is 2.80 bits per heavy atom. The summed E-state index contributed by atoms with van der Waals surface area (Å²) in [5, 5.41) is 4.83. The highest BCUT2D eigenvalue weighted by molar-refractivity contribution is 5.88. The maximum Gasteiger partial charge on any atom is 0.340 e. The van der Waals surface area contributed by atoms with Crippen LogP contribution in [0.25, 0.3) is 22.5 Å². The summed E-state index contributed by atoms with van der Waals surface area (Å²) in [6.07, 6.45) is 1.30. The van der Waals surface area contributed by atoms with E-state index >= 15 is 0 Å². The Hall–Kier alpha value is -3.61. The molecule has 0 saturated heterocycles. The lowest BCUT2D eigenvalue weighted by molar-refractivity contribution is 0.0463. The molecular formula is C18H12N2O5. The van der Waals surface area contributed by atoms with Gasteiger partial charge in [-0.05, 0) is 18.2 Å². The monoisotopic (exact) mass is 336 g/mol. The molecule has 0 aliphatic carbocycles. The maximum atomic E-state index is 11.9. The van der Waals surface area contributed by atoms with E-state index in [1.54, 1.807) is 6.07 Å². The summed E-state index contributed by atoms with van der Waals surface area (Å²) in [5.74, 6) is 0.433. The number of aromatic amines is 1. The number of para-hydroxylation sites is 1. The first-order valence-corrected chi connectivity index (χ1v) is 7.49. The van der Waals surface area contributed by atoms with Crippen LogP contribution in [0.5, 0.6) is 0 Å². The Labute approximate surface area is 140 Å². The molecule has 1 aromatic carbocycles. The number of furan rings is 1. The largest absolute Gasteiger partial charge is 0.455 e. The molecule has 25 heavy (non-hydrogen) atoms. The van der Waals surface area contributed by atoms with Gasteiger partial charge in [0.1, 0.15) is 17.9 Å². The summed E-state index contributed by atoms with van der Waals surface area (Å²) < 4.78 is 16.1. The molecule has 124 valence electrons. The molecular weight excluding hydrogens is 324 g/mol. The minimum Gasteiger partial charge on any atom is -0.455 e. The highest BCUT2D eigenvalue weighted by Crippen LogP contribution is 2.28. The van der Waals surface area contributed by atoms with Crippen molar-refractivity contribution in [2.75, 3.05) is 0 Å². The second-order valence-corrected chi connectivity index (χ2v) is 5.35. The standard InChI is InChI=1S/C18H12N2O5/c21-17-6-5-12(9-19-17)18(22)23-10-13-8-16(25-20-13)15-7-11-3-1-2-4-14(11)24-15/h1-9H,10H2,(H,19,21). The van der Waals surface area contributed by atoms with Crippen LogP contribution in [-0.2, 0) is 11.3 Å². The molecule has 0 saturated carbocycles. The highest BCUT2D eigenvalue weighted by atomic mass is 16.5. The van der Waals surface area contributed by atoms with E-state index in [1.807, 2.05) is 30.3 Å². The van der Waals surface area contributed by atoms with E-state index in [-0.39, 0.29) is 17.7 Å². The normalized spacial score (nSPS) is 10.9. The lowest BCUT2D eigenvalue weighted by Crippen LogP contribution is -2.09. The number of nitrogens with one attached hydrogen (secondary N) is 1. The Morgan fingerprint density at radius 2 is 2.00 bits per heavy atom. The van der Waals surface area contributed by atoms with E-state index in [4.69, 9.17) is 13.7 Å². The molecule has 0 aliphatic rings. The van der Waals surface area contributed by atoms with Gasteiger partial charge in [-0.25, -0.2) is 4.79 Å². The third-order valence-corrected chi connectivity index (χ3v) is 3.60. The van der Waals surface area contributed by atoms with Crippen LogP contribution in [0.4, 0.5) is 0 Å². The lowest BCUT2D eigenvalue weighted by atomic mass is 10.2. The average Bonchev–Trinajstić information content (AvgIpc) is 3.26. The summed E-state index contributed by atoms with van der Waals surface area (Å²) in [7, 11) is 0. The van der Waals surface area contributed by atoms with Crippen LogP contribution in [0.1, 0.15) is 16.1 Å². The van der Waals surface area contributed by atoms with Crippen LogP contribution in [0, 0.1) is 0 Å². The van der Waals surface area contributed by atoms with Crippen molar-refractivity contribution in [1.82, 2.24) is 10.1 Å². The quantitative estimate of drug-likeness (QED) is 0.575. The number of pyridine rings is 1. The van der Waals surface area contributed by atoms with Crippen LogP contribution in [-0.4, -0.2) is 16.1 Å². The van der Waals surface area contributed by atoms with Gasteiger partial charge in [-0.15, -0.1) is 0 Å². The van der Waals surface area contributed by atoms with Gasteiger partial charge in [-0.2, -0.15) is 0 Å². The molecule has 0 fully saturated rings. The molecule has 4 rings (SSSR count). The second-order valence-electron chi connectivity index (χ2n) is 5.35. The van der Waals surface area contributed by atoms with Crippen LogP contribution in [0.3, 0.4) is 0 Å². The molecule has 0 atom stereocenters. The molecule has 0 bridgehead atoms. The molecule has 0 aliphatic heterocycles. The fourth-order valence-corrected chi connectivity index (χ4v) is 2.36. The minimum atomic E-state index is -0.565. The van der Waals surface area contributed by atoms with Gasteiger partial charge in [0.15, 0.2) is 5.76 Å². The zero-order chi connectivity index (χ0) is 17.2. The Balaban J connectivity index is 1.47. The van der Waals surface area contributed by atoms with Gasteiger partial charge in [-0.3, -0.25) is 4.79 Å². The van der Waals surface area contributed by atoms with Crippen LogP contribution in [0.2, 0.25) is 0 Å². The van der Waals surface area contributed by atoms with Gasteiger partial charge >= 0.3 is 5.97 Å². The first-order valence-electron chi connectivity index (χ1n) is 7.49. The first-order chi connectivity index (χ1) is 12.2. The number of hydrogen-bond acceptors (Lipinski definition) is 6. The predicted molar refractivity (Wildman–Crippen MR) is 87.9 cm³/mol. The van der Waals surface area contributed by atoms with Gasteiger partial charge in [0.05, 0.1) is 5.56 Å². The van der Waals surface area contributed by atoms with E-state index in [0.29, 0.717) is 17.2 Å². The van der Waals surface area contributed by atoms with E-state index in [2.05, 4.69) is 10.1 Å². The molecule has 0 spiro atoms. The first kappa shape index (κ1) is 14.9. The summed E-state index contributed by atoms with van der Waals surface area (Å²) >= 11 is 0. The highest BCUT2D eigenvalue weighted by Gasteiger charge is 2.14. The van der Waals surface area contributed by atoms with Crippen molar-refractivity contribution in [3.05, 3.63) is 76.3 Å². The summed E-state index contributed by atoms with van der Waals surface area (Å²) in [6.45, 7) is -0.0539. The zero-order valence-electron chi connectivity index (χ0n) is 12.9. The predicted octanol–water partition coefficient (Wildman–Crippen LogP) is 3.13. The number of rotatable bonds is 4.